The summed E-state index contributed by atoms with van der Waals surface area (Å²) >= 11 is 0. The van der Waals surface area contributed by atoms with Crippen LogP contribution in [0.4, 0.5) is 11.8 Å². The summed E-state index contributed by atoms with van der Waals surface area (Å²) in [5.41, 5.74) is 5.15. The summed E-state index contributed by atoms with van der Waals surface area (Å²) in [6.07, 6.45) is 3.68. The standard InChI is InChI=1S/C28H29N5O2/c1-21-7-9-22(10-8-21)19-33(20-23-4-3-11-29-18-23)27-17-26(24-5-2-6-25(34)16-24)30-28(31-27)32-12-14-35-15-13-32/h2-11,16-18,34H,12-15,19-20H2,1H3. The largest absolute Gasteiger partial charge is 0.508 e. The van der Waals surface area contributed by atoms with E-state index >= 15 is 0 Å². The summed E-state index contributed by atoms with van der Waals surface area (Å²) in [7, 11) is 0. The van der Waals surface area contributed by atoms with Crippen LogP contribution in [-0.2, 0) is 17.8 Å². The third kappa shape index (κ3) is 5.75. The topological polar surface area (TPSA) is 74.6 Å². The number of benzene rings is 2. The smallest absolute Gasteiger partial charge is 0.228 e. The van der Waals surface area contributed by atoms with Gasteiger partial charge < -0.3 is 19.6 Å². The van der Waals surface area contributed by atoms with Gasteiger partial charge in [-0.3, -0.25) is 4.98 Å². The number of hydrogen-bond donors (Lipinski definition) is 1. The molecule has 7 heteroatoms. The number of anilines is 2. The number of ether oxygens (including phenoxy) is 1. The summed E-state index contributed by atoms with van der Waals surface area (Å²) < 4.78 is 5.55. The molecule has 0 spiro atoms. The molecule has 35 heavy (non-hydrogen) atoms. The van der Waals surface area contributed by atoms with Crippen molar-refractivity contribution in [3.63, 3.8) is 0 Å². The van der Waals surface area contributed by atoms with E-state index in [1.54, 1.807) is 18.3 Å². The SMILES string of the molecule is Cc1ccc(CN(Cc2cccnc2)c2cc(-c3cccc(O)c3)nc(N3CCOCC3)n2)cc1. The predicted octanol–water partition coefficient (Wildman–Crippen LogP) is 4.60. The molecule has 2 aromatic heterocycles. The lowest BCUT2D eigenvalue weighted by Gasteiger charge is -2.29. The number of aryl methyl sites for hydroxylation is 1. The van der Waals surface area contributed by atoms with Gasteiger partial charge in [0.05, 0.1) is 18.9 Å². The second kappa shape index (κ2) is 10.5. The van der Waals surface area contributed by atoms with Gasteiger partial charge in [-0.25, -0.2) is 4.98 Å². The van der Waals surface area contributed by atoms with Gasteiger partial charge in [0, 0.05) is 50.2 Å². The van der Waals surface area contributed by atoms with Crippen LogP contribution in [0.1, 0.15) is 16.7 Å². The lowest BCUT2D eigenvalue weighted by molar-refractivity contribution is 0.122. The third-order valence-electron chi connectivity index (χ3n) is 6.05. The van der Waals surface area contributed by atoms with E-state index in [0.29, 0.717) is 32.3 Å². The van der Waals surface area contributed by atoms with Crippen LogP contribution in [0.5, 0.6) is 5.75 Å². The van der Waals surface area contributed by atoms with Gasteiger partial charge in [-0.1, -0.05) is 48.0 Å². The zero-order valence-electron chi connectivity index (χ0n) is 19.8. The van der Waals surface area contributed by atoms with Crippen LogP contribution in [0.3, 0.4) is 0 Å². The van der Waals surface area contributed by atoms with Crippen LogP contribution >= 0.6 is 0 Å². The molecule has 0 saturated carbocycles. The molecule has 0 radical (unpaired) electrons. The van der Waals surface area contributed by atoms with E-state index in [1.807, 2.05) is 30.5 Å². The van der Waals surface area contributed by atoms with Gasteiger partial charge in [0.15, 0.2) is 0 Å². The monoisotopic (exact) mass is 467 g/mol. The molecule has 1 aliphatic rings. The molecule has 1 aliphatic heterocycles. The maximum atomic E-state index is 10.1. The molecule has 0 bridgehead atoms. The Hall–Kier alpha value is -3.97. The summed E-state index contributed by atoms with van der Waals surface area (Å²) in [5.74, 6) is 1.70. The van der Waals surface area contributed by atoms with Crippen LogP contribution in [0.15, 0.2) is 79.1 Å². The number of phenols is 1. The number of rotatable bonds is 7. The Kier molecular flexibility index (Phi) is 6.86. The fourth-order valence-electron chi connectivity index (χ4n) is 4.15. The third-order valence-corrected chi connectivity index (χ3v) is 6.05. The Morgan fingerprint density at radius 3 is 2.46 bits per heavy atom. The first kappa shape index (κ1) is 22.8. The number of hydrogen-bond acceptors (Lipinski definition) is 7. The molecule has 1 N–H and O–H groups in total. The highest BCUT2D eigenvalue weighted by Gasteiger charge is 2.19. The van der Waals surface area contributed by atoms with E-state index in [-0.39, 0.29) is 5.75 Å². The summed E-state index contributed by atoms with van der Waals surface area (Å²) in [4.78, 5) is 18.6. The first-order valence-corrected chi connectivity index (χ1v) is 11.8. The molecule has 3 heterocycles. The van der Waals surface area contributed by atoms with E-state index in [1.165, 1.54) is 11.1 Å². The van der Waals surface area contributed by atoms with E-state index in [2.05, 4.69) is 52.0 Å². The van der Waals surface area contributed by atoms with Crippen LogP contribution < -0.4 is 9.80 Å². The van der Waals surface area contributed by atoms with Gasteiger partial charge in [0.25, 0.3) is 0 Å². The number of pyridine rings is 1. The maximum absolute atomic E-state index is 10.1. The number of aromatic hydroxyl groups is 1. The number of phenolic OH excluding ortho intramolecular Hbond substituents is 1. The average Bonchev–Trinajstić information content (AvgIpc) is 2.90. The fourth-order valence-corrected chi connectivity index (χ4v) is 4.15. The van der Waals surface area contributed by atoms with Crippen molar-refractivity contribution in [1.29, 1.82) is 0 Å². The van der Waals surface area contributed by atoms with Gasteiger partial charge in [-0.05, 0) is 36.2 Å². The minimum absolute atomic E-state index is 0.211. The van der Waals surface area contributed by atoms with Gasteiger partial charge in [-0.15, -0.1) is 0 Å². The molecule has 0 unspecified atom stereocenters. The Morgan fingerprint density at radius 1 is 0.914 bits per heavy atom. The Morgan fingerprint density at radius 2 is 1.71 bits per heavy atom. The Bertz CT molecular complexity index is 1260. The van der Waals surface area contributed by atoms with Crippen molar-refractivity contribution in [3.05, 3.63) is 95.8 Å². The number of nitrogens with zero attached hydrogens (tertiary/aromatic N) is 5. The van der Waals surface area contributed by atoms with Crippen molar-refractivity contribution in [1.82, 2.24) is 15.0 Å². The van der Waals surface area contributed by atoms with Crippen molar-refractivity contribution >= 4 is 11.8 Å². The fraction of sp³-hybridized carbons (Fsp3) is 0.250. The molecule has 1 saturated heterocycles. The molecule has 0 amide bonds. The molecule has 5 rings (SSSR count). The summed E-state index contributed by atoms with van der Waals surface area (Å²) in [6.45, 7) is 6.22. The Balaban J connectivity index is 1.58. The first-order chi connectivity index (χ1) is 17.1. The second-order valence-electron chi connectivity index (χ2n) is 8.76. The summed E-state index contributed by atoms with van der Waals surface area (Å²) in [5, 5.41) is 10.1. The molecule has 4 aromatic rings. The van der Waals surface area contributed by atoms with Crippen LogP contribution in [0, 0.1) is 6.92 Å². The quantitative estimate of drug-likeness (QED) is 0.426. The van der Waals surface area contributed by atoms with E-state index in [0.717, 1.165) is 35.7 Å². The van der Waals surface area contributed by atoms with E-state index in [9.17, 15) is 5.11 Å². The molecule has 0 atom stereocenters. The Labute approximate surface area is 205 Å². The van der Waals surface area contributed by atoms with Gasteiger partial charge in [0.2, 0.25) is 5.95 Å². The lowest BCUT2D eigenvalue weighted by Crippen LogP contribution is -2.37. The van der Waals surface area contributed by atoms with Gasteiger partial charge >= 0.3 is 0 Å². The minimum Gasteiger partial charge on any atom is -0.508 e. The van der Waals surface area contributed by atoms with Gasteiger partial charge in [-0.2, -0.15) is 4.98 Å². The average molecular weight is 468 g/mol. The highest BCUT2D eigenvalue weighted by atomic mass is 16.5. The van der Waals surface area contributed by atoms with E-state index < -0.39 is 0 Å². The molecular weight excluding hydrogens is 438 g/mol. The van der Waals surface area contributed by atoms with Crippen molar-refractivity contribution in [2.45, 2.75) is 20.0 Å². The normalized spacial score (nSPS) is 13.6. The molecule has 1 fully saturated rings. The molecule has 0 aliphatic carbocycles. The van der Waals surface area contributed by atoms with Crippen LogP contribution in [0.25, 0.3) is 11.3 Å². The van der Waals surface area contributed by atoms with Crippen LogP contribution in [-0.4, -0.2) is 46.4 Å². The molecule has 2 aromatic carbocycles. The zero-order valence-corrected chi connectivity index (χ0v) is 19.8. The highest BCUT2D eigenvalue weighted by molar-refractivity contribution is 5.66. The highest BCUT2D eigenvalue weighted by Crippen LogP contribution is 2.29. The summed E-state index contributed by atoms with van der Waals surface area (Å²) in [6, 6.07) is 21.8. The zero-order chi connectivity index (χ0) is 24.0. The maximum Gasteiger partial charge on any atom is 0.228 e. The van der Waals surface area contributed by atoms with Crippen molar-refractivity contribution in [3.8, 4) is 17.0 Å². The van der Waals surface area contributed by atoms with Crippen molar-refractivity contribution in [2.24, 2.45) is 0 Å². The van der Waals surface area contributed by atoms with Crippen molar-refractivity contribution in [2.75, 3.05) is 36.1 Å². The first-order valence-electron chi connectivity index (χ1n) is 11.8. The second-order valence-corrected chi connectivity index (χ2v) is 8.76. The van der Waals surface area contributed by atoms with Crippen molar-refractivity contribution < 1.29 is 9.84 Å². The van der Waals surface area contributed by atoms with E-state index in [4.69, 9.17) is 14.7 Å². The molecular formula is C28H29N5O2. The van der Waals surface area contributed by atoms with Gasteiger partial charge in [0.1, 0.15) is 11.6 Å². The van der Waals surface area contributed by atoms with Crippen LogP contribution in [0.2, 0.25) is 0 Å². The molecule has 7 nitrogen and oxygen atoms in total. The lowest BCUT2D eigenvalue weighted by atomic mass is 10.1. The molecule has 178 valence electrons. The number of aromatic nitrogens is 3. The predicted molar refractivity (Wildman–Crippen MR) is 137 cm³/mol. The minimum atomic E-state index is 0.211. The number of morpholine rings is 1.